The molecule has 2 unspecified atom stereocenters. The number of aliphatic hydroxyl groups excluding tert-OH is 1. The number of hydrogen-bond donors (Lipinski definition) is 1. The second-order valence-electron chi connectivity index (χ2n) is 5.49. The van der Waals surface area contributed by atoms with Gasteiger partial charge in [-0.05, 0) is 49.7 Å². The third-order valence-corrected chi connectivity index (χ3v) is 4.42. The molecule has 2 atom stereocenters. The summed E-state index contributed by atoms with van der Waals surface area (Å²) in [7, 11) is 0. The molecule has 0 aromatic rings. The molecule has 2 aliphatic carbocycles. The molecule has 3 heteroatoms. The number of fused-ring (bicyclic) bond motifs is 1. The Balaban J connectivity index is 1.92. The Kier molecular flexibility index (Phi) is 3.16. The van der Waals surface area contributed by atoms with Crippen molar-refractivity contribution >= 4 is 0 Å². The first-order valence-electron chi connectivity index (χ1n) is 6.98. The summed E-state index contributed by atoms with van der Waals surface area (Å²) in [6.07, 6.45) is 9.90. The van der Waals surface area contributed by atoms with Gasteiger partial charge in [-0.1, -0.05) is 12.5 Å². The molecule has 3 aliphatic rings. The maximum Gasteiger partial charge on any atom is 0.0913 e. The third kappa shape index (κ3) is 1.87. The molecular formula is C15H20N2O. The van der Waals surface area contributed by atoms with Crippen molar-refractivity contribution in [2.24, 2.45) is 22.1 Å². The molecule has 3 nitrogen and oxygen atoms in total. The first-order chi connectivity index (χ1) is 8.81. The predicted molar refractivity (Wildman–Crippen MR) is 70.9 cm³/mol. The molecule has 1 N–H and O–H groups in total. The fourth-order valence-electron chi connectivity index (χ4n) is 3.58. The van der Waals surface area contributed by atoms with Crippen molar-refractivity contribution in [2.75, 3.05) is 6.61 Å². The average Bonchev–Trinajstić information content (AvgIpc) is 2.84. The standard InChI is InChI=1S/C15H20N2O/c1-10-13-9-16-17-14(13)8-12-5-2-4-11(15(10)12)6-3-7-18/h8-11,18H,2-7H2,1H3. The predicted octanol–water partition coefficient (Wildman–Crippen LogP) is 3.74. The number of rotatable bonds is 3. The minimum Gasteiger partial charge on any atom is -0.396 e. The monoisotopic (exact) mass is 244 g/mol. The van der Waals surface area contributed by atoms with Crippen LogP contribution in [0.2, 0.25) is 0 Å². The Bertz CT molecular complexity index is 471. The molecule has 0 bridgehead atoms. The number of nitrogens with zero attached hydrogens (tertiary/aromatic N) is 2. The summed E-state index contributed by atoms with van der Waals surface area (Å²) in [5.41, 5.74) is 5.44. The molecule has 0 aromatic carbocycles. The zero-order chi connectivity index (χ0) is 12.5. The molecule has 0 amide bonds. The Morgan fingerprint density at radius 2 is 2.33 bits per heavy atom. The molecule has 0 saturated carbocycles. The van der Waals surface area contributed by atoms with Gasteiger partial charge in [0.05, 0.1) is 11.9 Å². The van der Waals surface area contributed by atoms with Crippen LogP contribution in [0.1, 0.15) is 39.0 Å². The quantitative estimate of drug-likeness (QED) is 0.807. The van der Waals surface area contributed by atoms with Crippen molar-refractivity contribution in [3.05, 3.63) is 34.7 Å². The highest BCUT2D eigenvalue weighted by Gasteiger charge is 2.33. The van der Waals surface area contributed by atoms with Crippen LogP contribution in [-0.4, -0.2) is 11.7 Å². The summed E-state index contributed by atoms with van der Waals surface area (Å²) in [5.74, 6) is 1.11. The van der Waals surface area contributed by atoms with Crippen LogP contribution in [-0.2, 0) is 0 Å². The molecule has 18 heavy (non-hydrogen) atoms. The third-order valence-electron chi connectivity index (χ3n) is 4.42. The molecule has 0 saturated heterocycles. The van der Waals surface area contributed by atoms with Gasteiger partial charge in [0.25, 0.3) is 0 Å². The number of allylic oxidation sites excluding steroid dienone is 4. The fourth-order valence-corrected chi connectivity index (χ4v) is 3.58. The van der Waals surface area contributed by atoms with Crippen LogP contribution in [0.4, 0.5) is 0 Å². The van der Waals surface area contributed by atoms with Crippen LogP contribution in [0, 0.1) is 11.8 Å². The smallest absolute Gasteiger partial charge is 0.0913 e. The number of azo groups is 1. The van der Waals surface area contributed by atoms with Crippen LogP contribution in [0.5, 0.6) is 0 Å². The lowest BCUT2D eigenvalue weighted by molar-refractivity contribution is 0.269. The Morgan fingerprint density at radius 3 is 3.17 bits per heavy atom. The van der Waals surface area contributed by atoms with Crippen molar-refractivity contribution in [1.29, 1.82) is 0 Å². The molecule has 1 heterocycles. The van der Waals surface area contributed by atoms with E-state index < -0.39 is 0 Å². The van der Waals surface area contributed by atoms with Crippen molar-refractivity contribution in [3.63, 3.8) is 0 Å². The molecular weight excluding hydrogens is 224 g/mol. The zero-order valence-corrected chi connectivity index (χ0v) is 10.9. The van der Waals surface area contributed by atoms with Gasteiger partial charge in [0.1, 0.15) is 0 Å². The molecule has 1 aliphatic heterocycles. The molecule has 96 valence electrons. The lowest BCUT2D eigenvalue weighted by Gasteiger charge is -2.35. The van der Waals surface area contributed by atoms with E-state index in [1.807, 2.05) is 6.20 Å². The summed E-state index contributed by atoms with van der Waals surface area (Å²) in [5, 5.41) is 17.3. The number of hydrogen-bond acceptors (Lipinski definition) is 3. The summed E-state index contributed by atoms with van der Waals surface area (Å²) in [6, 6.07) is 0. The van der Waals surface area contributed by atoms with E-state index in [4.69, 9.17) is 5.11 Å². The fraction of sp³-hybridized carbons (Fsp3) is 0.600. The van der Waals surface area contributed by atoms with E-state index in [1.165, 1.54) is 30.4 Å². The minimum atomic E-state index is 0.307. The first kappa shape index (κ1) is 11.8. The molecule has 0 spiro atoms. The van der Waals surface area contributed by atoms with E-state index in [9.17, 15) is 0 Å². The van der Waals surface area contributed by atoms with Crippen molar-refractivity contribution in [2.45, 2.75) is 39.0 Å². The topological polar surface area (TPSA) is 45.0 Å². The van der Waals surface area contributed by atoms with Crippen molar-refractivity contribution < 1.29 is 5.11 Å². The largest absolute Gasteiger partial charge is 0.396 e. The van der Waals surface area contributed by atoms with Gasteiger partial charge in [0, 0.05) is 18.1 Å². The van der Waals surface area contributed by atoms with Crippen LogP contribution in [0.3, 0.4) is 0 Å². The SMILES string of the molecule is CC1C2=CN=NC2=CC2=C1C(CCCO)CCC2. The maximum atomic E-state index is 9.04. The van der Waals surface area contributed by atoms with Gasteiger partial charge in [0.15, 0.2) is 0 Å². The van der Waals surface area contributed by atoms with Gasteiger partial charge < -0.3 is 5.11 Å². The summed E-state index contributed by atoms with van der Waals surface area (Å²) in [6.45, 7) is 2.59. The molecule has 0 aromatic heterocycles. The second-order valence-corrected chi connectivity index (χ2v) is 5.49. The van der Waals surface area contributed by atoms with Gasteiger partial charge in [-0.3, -0.25) is 0 Å². The zero-order valence-electron chi connectivity index (χ0n) is 10.9. The van der Waals surface area contributed by atoms with Crippen molar-refractivity contribution in [1.82, 2.24) is 0 Å². The van der Waals surface area contributed by atoms with E-state index in [2.05, 4.69) is 23.2 Å². The van der Waals surface area contributed by atoms with E-state index in [0.717, 1.165) is 18.5 Å². The van der Waals surface area contributed by atoms with Crippen LogP contribution in [0.25, 0.3) is 0 Å². The Labute approximate surface area is 108 Å². The van der Waals surface area contributed by atoms with Crippen molar-refractivity contribution in [3.8, 4) is 0 Å². The lowest BCUT2D eigenvalue weighted by Crippen LogP contribution is -2.22. The van der Waals surface area contributed by atoms with E-state index in [1.54, 1.807) is 5.57 Å². The van der Waals surface area contributed by atoms with E-state index >= 15 is 0 Å². The summed E-state index contributed by atoms with van der Waals surface area (Å²) in [4.78, 5) is 0. The summed E-state index contributed by atoms with van der Waals surface area (Å²) >= 11 is 0. The highest BCUT2D eigenvalue weighted by molar-refractivity contribution is 5.51. The van der Waals surface area contributed by atoms with Gasteiger partial charge in [-0.2, -0.15) is 10.2 Å². The normalized spacial score (nSPS) is 29.9. The van der Waals surface area contributed by atoms with E-state index in [-0.39, 0.29) is 0 Å². The lowest BCUT2D eigenvalue weighted by atomic mass is 9.70. The molecule has 0 radical (unpaired) electrons. The van der Waals surface area contributed by atoms with E-state index in [0.29, 0.717) is 18.4 Å². The highest BCUT2D eigenvalue weighted by atomic mass is 16.2. The van der Waals surface area contributed by atoms with Crippen LogP contribution < -0.4 is 0 Å². The second kappa shape index (κ2) is 4.81. The average molecular weight is 244 g/mol. The Hall–Kier alpha value is -1.22. The molecule has 0 fully saturated rings. The molecule has 3 rings (SSSR count). The van der Waals surface area contributed by atoms with Gasteiger partial charge in [-0.15, -0.1) is 0 Å². The van der Waals surface area contributed by atoms with Crippen LogP contribution in [0.15, 0.2) is 44.9 Å². The minimum absolute atomic E-state index is 0.307. The highest BCUT2D eigenvalue weighted by Crippen LogP contribution is 2.46. The van der Waals surface area contributed by atoms with Gasteiger partial charge in [-0.25, -0.2) is 0 Å². The van der Waals surface area contributed by atoms with Gasteiger partial charge >= 0.3 is 0 Å². The maximum absolute atomic E-state index is 9.04. The summed E-state index contributed by atoms with van der Waals surface area (Å²) < 4.78 is 0. The Morgan fingerprint density at radius 1 is 1.44 bits per heavy atom. The van der Waals surface area contributed by atoms with Gasteiger partial charge in [0.2, 0.25) is 0 Å². The van der Waals surface area contributed by atoms with Crippen LogP contribution >= 0.6 is 0 Å². The first-order valence-corrected chi connectivity index (χ1v) is 6.98. The number of aliphatic hydroxyl groups is 1.